The Kier molecular flexibility index (Phi) is 5.26. The second-order valence-electron chi connectivity index (χ2n) is 6.25. The number of nitrogens with one attached hydrogen (secondary N) is 1. The Hall–Kier alpha value is -3.22. The first-order valence-corrected chi connectivity index (χ1v) is 8.41. The third-order valence-electron chi connectivity index (χ3n) is 3.89. The number of aromatic nitrogens is 4. The van der Waals surface area contributed by atoms with Gasteiger partial charge in [0.15, 0.2) is 12.4 Å². The lowest BCUT2D eigenvalue weighted by atomic mass is 10.0. The van der Waals surface area contributed by atoms with E-state index in [4.69, 9.17) is 4.74 Å². The molecule has 3 aromatic rings. The predicted molar refractivity (Wildman–Crippen MR) is 98.5 cm³/mol. The quantitative estimate of drug-likeness (QED) is 0.738. The molecule has 0 saturated carbocycles. The lowest BCUT2D eigenvalue weighted by Gasteiger charge is -2.11. The summed E-state index contributed by atoms with van der Waals surface area (Å²) in [6.07, 6.45) is 0. The largest absolute Gasteiger partial charge is 0.484 e. The molecule has 1 amide bonds. The first-order chi connectivity index (χ1) is 12.5. The van der Waals surface area contributed by atoms with Crippen molar-refractivity contribution in [3.05, 3.63) is 59.9 Å². The minimum Gasteiger partial charge on any atom is -0.484 e. The zero-order valence-corrected chi connectivity index (χ0v) is 15.0. The average molecular weight is 351 g/mol. The second kappa shape index (κ2) is 7.77. The fourth-order valence-corrected chi connectivity index (χ4v) is 2.50. The Morgan fingerprint density at radius 2 is 2.00 bits per heavy atom. The summed E-state index contributed by atoms with van der Waals surface area (Å²) < 4.78 is 7.20. The van der Waals surface area contributed by atoms with Crippen molar-refractivity contribution >= 4 is 11.6 Å². The third kappa shape index (κ3) is 4.24. The van der Waals surface area contributed by atoms with Gasteiger partial charge in [-0.05, 0) is 59.2 Å². The molecule has 0 saturated heterocycles. The Morgan fingerprint density at radius 3 is 2.73 bits per heavy atom. The molecule has 26 heavy (non-hydrogen) atoms. The molecule has 134 valence electrons. The Balaban J connectivity index is 1.62. The van der Waals surface area contributed by atoms with Crippen LogP contribution < -0.4 is 10.1 Å². The standard InChI is InChI=1S/C19H21N5O2/c1-13(2)15-6-4-9-18(10-15)26-12-19(25)20-16-7-5-8-17(11-16)24-14(3)21-22-23-24/h4-11,13H,12H2,1-3H3,(H,20,25). The molecule has 0 unspecified atom stereocenters. The molecule has 0 atom stereocenters. The van der Waals surface area contributed by atoms with Gasteiger partial charge in [0.25, 0.3) is 5.91 Å². The van der Waals surface area contributed by atoms with Crippen LogP contribution in [0.25, 0.3) is 5.69 Å². The molecule has 1 heterocycles. The molecule has 0 aliphatic rings. The van der Waals surface area contributed by atoms with Gasteiger partial charge in [0.05, 0.1) is 5.69 Å². The molecule has 0 radical (unpaired) electrons. The van der Waals surface area contributed by atoms with Crippen molar-refractivity contribution in [3.8, 4) is 11.4 Å². The van der Waals surface area contributed by atoms with E-state index >= 15 is 0 Å². The Morgan fingerprint density at radius 1 is 1.19 bits per heavy atom. The van der Waals surface area contributed by atoms with Crippen molar-refractivity contribution in [1.29, 1.82) is 0 Å². The molecule has 0 fully saturated rings. The van der Waals surface area contributed by atoms with Crippen LogP contribution >= 0.6 is 0 Å². The first kappa shape index (κ1) is 17.6. The summed E-state index contributed by atoms with van der Waals surface area (Å²) >= 11 is 0. The zero-order chi connectivity index (χ0) is 18.5. The molecular formula is C19H21N5O2. The molecule has 1 aromatic heterocycles. The van der Waals surface area contributed by atoms with Crippen molar-refractivity contribution in [3.63, 3.8) is 0 Å². The summed E-state index contributed by atoms with van der Waals surface area (Å²) in [7, 11) is 0. The van der Waals surface area contributed by atoms with E-state index in [1.165, 1.54) is 5.56 Å². The predicted octanol–water partition coefficient (Wildman–Crippen LogP) is 3.11. The van der Waals surface area contributed by atoms with Crippen LogP contribution in [0, 0.1) is 6.92 Å². The molecule has 0 bridgehead atoms. The van der Waals surface area contributed by atoms with Crippen LogP contribution in [-0.4, -0.2) is 32.7 Å². The van der Waals surface area contributed by atoms with Crippen molar-refractivity contribution in [2.75, 3.05) is 11.9 Å². The molecule has 3 rings (SSSR count). The number of nitrogens with zero attached hydrogens (tertiary/aromatic N) is 4. The molecule has 7 nitrogen and oxygen atoms in total. The molecule has 7 heteroatoms. The fourth-order valence-electron chi connectivity index (χ4n) is 2.50. The summed E-state index contributed by atoms with van der Waals surface area (Å²) in [5.41, 5.74) is 2.60. The number of aryl methyl sites for hydroxylation is 1. The van der Waals surface area contributed by atoms with Crippen molar-refractivity contribution < 1.29 is 9.53 Å². The van der Waals surface area contributed by atoms with Gasteiger partial charge in [0.2, 0.25) is 0 Å². The number of carbonyl (C=O) groups is 1. The monoisotopic (exact) mass is 351 g/mol. The minimum absolute atomic E-state index is 0.0598. The molecule has 0 aliphatic heterocycles. The van der Waals surface area contributed by atoms with Gasteiger partial charge in [-0.2, -0.15) is 4.68 Å². The van der Waals surface area contributed by atoms with E-state index in [-0.39, 0.29) is 12.5 Å². The maximum absolute atomic E-state index is 12.2. The number of carbonyl (C=O) groups excluding carboxylic acids is 1. The SMILES string of the molecule is Cc1nnnn1-c1cccc(NC(=O)COc2cccc(C(C)C)c2)c1. The summed E-state index contributed by atoms with van der Waals surface area (Å²) in [6, 6.07) is 15.1. The van der Waals surface area contributed by atoms with Crippen LogP contribution in [0.4, 0.5) is 5.69 Å². The lowest BCUT2D eigenvalue weighted by molar-refractivity contribution is -0.118. The third-order valence-corrected chi connectivity index (χ3v) is 3.89. The Bertz CT molecular complexity index is 904. The molecule has 2 aromatic carbocycles. The molecular weight excluding hydrogens is 330 g/mol. The van der Waals surface area contributed by atoms with E-state index in [0.29, 0.717) is 23.2 Å². The highest BCUT2D eigenvalue weighted by atomic mass is 16.5. The smallest absolute Gasteiger partial charge is 0.262 e. The van der Waals surface area contributed by atoms with Gasteiger partial charge in [-0.25, -0.2) is 0 Å². The zero-order valence-electron chi connectivity index (χ0n) is 15.0. The number of ether oxygens (including phenoxy) is 1. The summed E-state index contributed by atoms with van der Waals surface area (Å²) in [5.74, 6) is 1.53. The highest BCUT2D eigenvalue weighted by molar-refractivity contribution is 5.92. The second-order valence-corrected chi connectivity index (χ2v) is 6.25. The van der Waals surface area contributed by atoms with E-state index in [9.17, 15) is 4.79 Å². The van der Waals surface area contributed by atoms with Gasteiger partial charge in [0, 0.05) is 5.69 Å². The summed E-state index contributed by atoms with van der Waals surface area (Å²) in [4.78, 5) is 12.2. The van der Waals surface area contributed by atoms with Gasteiger partial charge in [-0.15, -0.1) is 5.10 Å². The van der Waals surface area contributed by atoms with Crippen molar-refractivity contribution in [2.45, 2.75) is 26.7 Å². The van der Waals surface area contributed by atoms with Crippen LogP contribution in [0.2, 0.25) is 0 Å². The van der Waals surface area contributed by atoms with Crippen molar-refractivity contribution in [2.24, 2.45) is 0 Å². The van der Waals surface area contributed by atoms with Gasteiger partial charge in [0.1, 0.15) is 5.75 Å². The van der Waals surface area contributed by atoms with E-state index in [1.807, 2.05) is 43.3 Å². The van der Waals surface area contributed by atoms with Gasteiger partial charge in [-0.1, -0.05) is 32.0 Å². The topological polar surface area (TPSA) is 81.9 Å². The van der Waals surface area contributed by atoms with E-state index in [0.717, 1.165) is 5.69 Å². The summed E-state index contributed by atoms with van der Waals surface area (Å²) in [5, 5.41) is 14.2. The van der Waals surface area contributed by atoms with Gasteiger partial charge in [-0.3, -0.25) is 4.79 Å². The maximum Gasteiger partial charge on any atom is 0.262 e. The van der Waals surface area contributed by atoms with Gasteiger partial charge < -0.3 is 10.1 Å². The number of rotatable bonds is 6. The van der Waals surface area contributed by atoms with E-state index in [2.05, 4.69) is 34.7 Å². The highest BCUT2D eigenvalue weighted by Crippen LogP contribution is 2.20. The van der Waals surface area contributed by atoms with Crippen LogP contribution in [0.3, 0.4) is 0 Å². The number of tetrazole rings is 1. The summed E-state index contributed by atoms with van der Waals surface area (Å²) in [6.45, 7) is 5.98. The van der Waals surface area contributed by atoms with E-state index < -0.39 is 0 Å². The number of anilines is 1. The average Bonchev–Trinajstić information content (AvgIpc) is 3.06. The number of benzene rings is 2. The normalized spacial score (nSPS) is 10.8. The number of hydrogen-bond acceptors (Lipinski definition) is 5. The Labute approximate surface area is 152 Å². The fraction of sp³-hybridized carbons (Fsp3) is 0.263. The molecule has 1 N–H and O–H groups in total. The van der Waals surface area contributed by atoms with Crippen LogP contribution in [0.5, 0.6) is 5.75 Å². The van der Waals surface area contributed by atoms with Crippen LogP contribution in [-0.2, 0) is 4.79 Å². The van der Waals surface area contributed by atoms with Crippen LogP contribution in [0.1, 0.15) is 31.2 Å². The van der Waals surface area contributed by atoms with Gasteiger partial charge >= 0.3 is 0 Å². The minimum atomic E-state index is -0.231. The van der Waals surface area contributed by atoms with Crippen LogP contribution in [0.15, 0.2) is 48.5 Å². The molecule has 0 aliphatic carbocycles. The highest BCUT2D eigenvalue weighted by Gasteiger charge is 2.08. The lowest BCUT2D eigenvalue weighted by Crippen LogP contribution is -2.20. The van der Waals surface area contributed by atoms with E-state index in [1.54, 1.807) is 16.8 Å². The number of amides is 1. The number of hydrogen-bond donors (Lipinski definition) is 1. The molecule has 0 spiro atoms. The van der Waals surface area contributed by atoms with Crippen molar-refractivity contribution in [1.82, 2.24) is 20.2 Å². The maximum atomic E-state index is 12.2. The first-order valence-electron chi connectivity index (χ1n) is 8.41.